The molecular formula is C11H12BrNO2. The molecule has 2 rings (SSSR count). The molecule has 1 saturated carbocycles. The van der Waals surface area contributed by atoms with E-state index in [0.717, 1.165) is 10.0 Å². The number of hydrogen-bond donors (Lipinski definition) is 2. The fourth-order valence-electron chi connectivity index (χ4n) is 2.11. The van der Waals surface area contributed by atoms with Crippen molar-refractivity contribution < 1.29 is 9.90 Å². The van der Waals surface area contributed by atoms with E-state index in [-0.39, 0.29) is 18.4 Å². The van der Waals surface area contributed by atoms with Gasteiger partial charge < -0.3 is 10.8 Å². The van der Waals surface area contributed by atoms with Crippen LogP contribution in [0.1, 0.15) is 12.0 Å². The first-order chi connectivity index (χ1) is 7.11. The van der Waals surface area contributed by atoms with E-state index < -0.39 is 5.41 Å². The van der Waals surface area contributed by atoms with Crippen molar-refractivity contribution in [2.75, 3.05) is 6.61 Å². The number of primary amides is 1. The Morgan fingerprint density at radius 3 is 2.87 bits per heavy atom. The van der Waals surface area contributed by atoms with Crippen molar-refractivity contribution in [3.05, 3.63) is 34.3 Å². The largest absolute Gasteiger partial charge is 0.396 e. The molecule has 0 radical (unpaired) electrons. The first-order valence-electron chi connectivity index (χ1n) is 4.78. The highest BCUT2D eigenvalue weighted by atomic mass is 79.9. The van der Waals surface area contributed by atoms with E-state index in [4.69, 9.17) is 10.8 Å². The number of halogens is 1. The van der Waals surface area contributed by atoms with Crippen LogP contribution in [0, 0.1) is 5.92 Å². The summed E-state index contributed by atoms with van der Waals surface area (Å²) < 4.78 is 0.921. The number of amides is 1. The molecule has 2 unspecified atom stereocenters. The summed E-state index contributed by atoms with van der Waals surface area (Å²) in [7, 11) is 0. The molecule has 0 spiro atoms. The molecular weight excluding hydrogens is 258 g/mol. The summed E-state index contributed by atoms with van der Waals surface area (Å²) in [5.41, 5.74) is 5.67. The number of nitrogens with two attached hydrogens (primary N) is 1. The van der Waals surface area contributed by atoms with Crippen LogP contribution >= 0.6 is 15.9 Å². The molecule has 1 aliphatic rings. The summed E-state index contributed by atoms with van der Waals surface area (Å²) >= 11 is 3.36. The minimum absolute atomic E-state index is 0.00938. The van der Waals surface area contributed by atoms with Crippen molar-refractivity contribution >= 4 is 21.8 Å². The zero-order valence-electron chi connectivity index (χ0n) is 8.11. The lowest BCUT2D eigenvalue weighted by molar-refractivity contribution is -0.120. The SMILES string of the molecule is NC(=O)C1(c2cccc(Br)c2)CC1CO. The van der Waals surface area contributed by atoms with Gasteiger partial charge >= 0.3 is 0 Å². The predicted molar refractivity (Wildman–Crippen MR) is 60.2 cm³/mol. The Kier molecular flexibility index (Phi) is 2.56. The van der Waals surface area contributed by atoms with Crippen LogP contribution in [0.3, 0.4) is 0 Å². The van der Waals surface area contributed by atoms with Gasteiger partial charge in [0.1, 0.15) is 0 Å². The molecule has 15 heavy (non-hydrogen) atoms. The van der Waals surface area contributed by atoms with Gasteiger partial charge in [-0.05, 0) is 24.1 Å². The first-order valence-corrected chi connectivity index (χ1v) is 5.57. The standard InChI is InChI=1S/C11H12BrNO2/c12-9-3-1-2-7(4-9)11(10(13)15)5-8(11)6-14/h1-4,8,14H,5-6H2,(H2,13,15). The van der Waals surface area contributed by atoms with Crippen LogP contribution in [0.2, 0.25) is 0 Å². The highest BCUT2D eigenvalue weighted by Gasteiger charge is 2.59. The highest BCUT2D eigenvalue weighted by Crippen LogP contribution is 2.54. The summed E-state index contributed by atoms with van der Waals surface area (Å²) in [6.45, 7) is 0.00938. The van der Waals surface area contributed by atoms with Crippen LogP contribution in [0.5, 0.6) is 0 Å². The average Bonchev–Trinajstić information content (AvgIpc) is 2.93. The molecule has 0 aliphatic heterocycles. The minimum atomic E-state index is -0.640. The third kappa shape index (κ3) is 1.58. The monoisotopic (exact) mass is 269 g/mol. The van der Waals surface area contributed by atoms with Crippen LogP contribution in [-0.4, -0.2) is 17.6 Å². The molecule has 1 amide bonds. The van der Waals surface area contributed by atoms with Crippen LogP contribution < -0.4 is 5.73 Å². The summed E-state index contributed by atoms with van der Waals surface area (Å²) in [5, 5.41) is 9.10. The smallest absolute Gasteiger partial charge is 0.228 e. The number of aliphatic hydroxyl groups excluding tert-OH is 1. The summed E-state index contributed by atoms with van der Waals surface area (Å²) in [4.78, 5) is 11.5. The third-order valence-corrected chi connectivity index (χ3v) is 3.60. The Labute approximate surface area is 96.4 Å². The lowest BCUT2D eigenvalue weighted by atomic mass is 9.93. The number of aliphatic hydroxyl groups is 1. The van der Waals surface area contributed by atoms with E-state index in [0.29, 0.717) is 6.42 Å². The average molecular weight is 270 g/mol. The Hall–Kier alpha value is -0.870. The van der Waals surface area contributed by atoms with E-state index in [1.54, 1.807) is 0 Å². The summed E-state index contributed by atoms with van der Waals surface area (Å²) in [6.07, 6.45) is 0.648. The fourth-order valence-corrected chi connectivity index (χ4v) is 2.51. The fraction of sp³-hybridized carbons (Fsp3) is 0.364. The van der Waals surface area contributed by atoms with Gasteiger partial charge in [-0.15, -0.1) is 0 Å². The molecule has 1 aromatic carbocycles. The van der Waals surface area contributed by atoms with Crippen LogP contribution in [0.4, 0.5) is 0 Å². The number of hydrogen-bond acceptors (Lipinski definition) is 2. The molecule has 3 nitrogen and oxygen atoms in total. The molecule has 1 fully saturated rings. The second-order valence-electron chi connectivity index (χ2n) is 3.93. The second kappa shape index (κ2) is 3.61. The molecule has 2 atom stereocenters. The third-order valence-electron chi connectivity index (χ3n) is 3.10. The van der Waals surface area contributed by atoms with E-state index >= 15 is 0 Å². The van der Waals surface area contributed by atoms with Gasteiger partial charge in [0.15, 0.2) is 0 Å². The van der Waals surface area contributed by atoms with Gasteiger partial charge in [-0.3, -0.25) is 4.79 Å². The normalized spacial score (nSPS) is 28.8. The topological polar surface area (TPSA) is 63.3 Å². The quantitative estimate of drug-likeness (QED) is 0.866. The maximum atomic E-state index is 11.5. The number of benzene rings is 1. The number of rotatable bonds is 3. The lowest BCUT2D eigenvalue weighted by Gasteiger charge is -2.13. The van der Waals surface area contributed by atoms with Crippen LogP contribution in [-0.2, 0) is 10.2 Å². The molecule has 3 N–H and O–H groups in total. The number of carbonyl (C=O) groups excluding carboxylic acids is 1. The second-order valence-corrected chi connectivity index (χ2v) is 4.85. The maximum Gasteiger partial charge on any atom is 0.228 e. The molecule has 1 aliphatic carbocycles. The Morgan fingerprint density at radius 2 is 2.40 bits per heavy atom. The Morgan fingerprint density at radius 1 is 1.67 bits per heavy atom. The van der Waals surface area contributed by atoms with Gasteiger partial charge in [0.25, 0.3) is 0 Å². The lowest BCUT2D eigenvalue weighted by Crippen LogP contribution is -2.31. The predicted octanol–water partition coefficient (Wildman–Crippen LogP) is 1.18. The zero-order valence-corrected chi connectivity index (χ0v) is 9.70. The molecule has 0 heterocycles. The first kappa shape index (κ1) is 10.6. The van der Waals surface area contributed by atoms with E-state index in [9.17, 15) is 4.79 Å². The molecule has 1 aromatic rings. The minimum Gasteiger partial charge on any atom is -0.396 e. The van der Waals surface area contributed by atoms with Crippen molar-refractivity contribution in [2.24, 2.45) is 11.7 Å². The molecule has 0 bridgehead atoms. The van der Waals surface area contributed by atoms with E-state index in [2.05, 4.69) is 15.9 Å². The van der Waals surface area contributed by atoms with Gasteiger partial charge in [0, 0.05) is 17.0 Å². The van der Waals surface area contributed by atoms with Crippen molar-refractivity contribution in [2.45, 2.75) is 11.8 Å². The van der Waals surface area contributed by atoms with Crippen molar-refractivity contribution in [3.8, 4) is 0 Å². The van der Waals surface area contributed by atoms with Crippen molar-refractivity contribution in [1.82, 2.24) is 0 Å². The molecule has 0 aromatic heterocycles. The van der Waals surface area contributed by atoms with Crippen LogP contribution in [0.25, 0.3) is 0 Å². The molecule has 4 heteroatoms. The molecule has 80 valence electrons. The van der Waals surface area contributed by atoms with Crippen molar-refractivity contribution in [1.29, 1.82) is 0 Å². The van der Waals surface area contributed by atoms with Gasteiger partial charge in [-0.25, -0.2) is 0 Å². The zero-order chi connectivity index (χ0) is 11.1. The molecule has 0 saturated heterocycles. The maximum absolute atomic E-state index is 11.5. The van der Waals surface area contributed by atoms with Gasteiger partial charge in [-0.2, -0.15) is 0 Å². The Bertz CT molecular complexity index is 407. The van der Waals surface area contributed by atoms with Crippen molar-refractivity contribution in [3.63, 3.8) is 0 Å². The summed E-state index contributed by atoms with van der Waals surface area (Å²) in [5.74, 6) is -0.371. The van der Waals surface area contributed by atoms with Gasteiger partial charge in [0.05, 0.1) is 5.41 Å². The number of carbonyl (C=O) groups is 1. The Balaban J connectivity index is 2.40. The summed E-state index contributed by atoms with van der Waals surface area (Å²) in [6, 6.07) is 7.54. The van der Waals surface area contributed by atoms with Gasteiger partial charge in [-0.1, -0.05) is 28.1 Å². The van der Waals surface area contributed by atoms with Crippen LogP contribution in [0.15, 0.2) is 28.7 Å². The highest BCUT2D eigenvalue weighted by molar-refractivity contribution is 9.10. The van der Waals surface area contributed by atoms with E-state index in [1.165, 1.54) is 0 Å². The van der Waals surface area contributed by atoms with E-state index in [1.807, 2.05) is 24.3 Å². The van der Waals surface area contributed by atoms with Gasteiger partial charge in [0.2, 0.25) is 5.91 Å².